The Balaban J connectivity index is 1.56. The molecule has 0 amide bonds. The van der Waals surface area contributed by atoms with Crippen LogP contribution in [0.4, 0.5) is 0 Å². The number of esters is 1. The Morgan fingerprint density at radius 1 is 1.04 bits per heavy atom. The molecule has 0 aromatic carbocycles. The Kier molecular flexibility index (Phi) is 4.91. The molecular weight excluding hydrogens is 340 g/mol. The average molecular weight is 379 g/mol. The van der Waals surface area contributed by atoms with E-state index in [2.05, 4.69) is 13.8 Å². The van der Waals surface area contributed by atoms with Crippen molar-refractivity contribution in [2.24, 2.45) is 34.5 Å². The molecule has 4 aliphatic carbocycles. The van der Waals surface area contributed by atoms with Crippen LogP contribution >= 0.6 is 0 Å². The Morgan fingerprint density at radius 2 is 1.81 bits per heavy atom. The lowest BCUT2D eigenvalue weighted by atomic mass is 9.43. The van der Waals surface area contributed by atoms with Crippen LogP contribution in [0.1, 0.15) is 84.5 Å². The molecule has 2 N–H and O–H groups in total. The summed E-state index contributed by atoms with van der Waals surface area (Å²) in [5, 5.41) is 22.2. The van der Waals surface area contributed by atoms with Gasteiger partial charge in [0.15, 0.2) is 0 Å². The number of ether oxygens (including phenoxy) is 1. The molecule has 2 unspecified atom stereocenters. The molecule has 0 heterocycles. The molecule has 0 aromatic heterocycles. The number of hydrogen-bond acceptors (Lipinski definition) is 4. The molecule has 0 saturated heterocycles. The van der Waals surface area contributed by atoms with E-state index in [1.165, 1.54) is 13.5 Å². The second-order valence-corrected chi connectivity index (χ2v) is 10.7. The van der Waals surface area contributed by atoms with E-state index in [1.54, 1.807) is 0 Å². The second kappa shape index (κ2) is 6.73. The first kappa shape index (κ1) is 19.7. The molecule has 27 heavy (non-hydrogen) atoms. The summed E-state index contributed by atoms with van der Waals surface area (Å²) in [7, 11) is 1.46. The highest BCUT2D eigenvalue weighted by atomic mass is 16.5. The lowest BCUT2D eigenvalue weighted by Crippen LogP contribution is -2.62. The zero-order valence-corrected chi connectivity index (χ0v) is 17.4. The number of rotatable bonds is 3. The van der Waals surface area contributed by atoms with Gasteiger partial charge in [0.1, 0.15) is 0 Å². The number of fused-ring (bicyclic) bond motifs is 5. The molecule has 8 atom stereocenters. The zero-order chi connectivity index (χ0) is 19.4. The van der Waals surface area contributed by atoms with Crippen LogP contribution in [0.5, 0.6) is 0 Å². The minimum atomic E-state index is -0.583. The maximum Gasteiger partial charge on any atom is 0.305 e. The van der Waals surface area contributed by atoms with Crippen molar-refractivity contribution < 1.29 is 19.7 Å². The van der Waals surface area contributed by atoms with E-state index in [0.29, 0.717) is 30.1 Å². The molecule has 0 radical (unpaired) electrons. The van der Waals surface area contributed by atoms with Gasteiger partial charge in [0.25, 0.3) is 0 Å². The van der Waals surface area contributed by atoms with Crippen LogP contribution in [0.3, 0.4) is 0 Å². The smallest absolute Gasteiger partial charge is 0.305 e. The molecule has 4 aliphatic rings. The van der Waals surface area contributed by atoms with Crippen molar-refractivity contribution in [3.8, 4) is 0 Å². The lowest BCUT2D eigenvalue weighted by Gasteiger charge is -2.63. The van der Waals surface area contributed by atoms with Gasteiger partial charge >= 0.3 is 5.97 Å². The third-order valence-electron chi connectivity index (χ3n) is 9.94. The molecule has 4 saturated carbocycles. The quantitative estimate of drug-likeness (QED) is 0.727. The number of methoxy groups -OCH3 is 1. The Bertz CT molecular complexity index is 591. The molecule has 4 rings (SSSR count). The summed E-state index contributed by atoms with van der Waals surface area (Å²) in [6.45, 7) is 4.76. The summed E-state index contributed by atoms with van der Waals surface area (Å²) in [6.07, 6.45) is 10.6. The fourth-order valence-corrected chi connectivity index (χ4v) is 8.17. The van der Waals surface area contributed by atoms with E-state index < -0.39 is 5.60 Å². The van der Waals surface area contributed by atoms with E-state index in [0.717, 1.165) is 57.8 Å². The molecule has 4 nitrogen and oxygen atoms in total. The summed E-state index contributed by atoms with van der Waals surface area (Å²) >= 11 is 0. The van der Waals surface area contributed by atoms with E-state index in [1.807, 2.05) is 0 Å². The maximum absolute atomic E-state index is 12.0. The molecule has 0 spiro atoms. The third kappa shape index (κ3) is 2.80. The fourth-order valence-electron chi connectivity index (χ4n) is 8.17. The van der Waals surface area contributed by atoms with Gasteiger partial charge in [-0.15, -0.1) is 0 Å². The standard InChI is InChI=1S/C23H38O4/c1-21-11-9-17(24)14-16(21)4-6-19-18(21)10-12-22(2)15(5-7-20(25)27-3)8-13-23(19,22)26/h15-19,24,26H,4-14H2,1-3H3/t15-,16+,17-,18?,19?,21-,22+,23-/m0/s1. The van der Waals surface area contributed by atoms with Gasteiger partial charge in [-0.2, -0.15) is 0 Å². The van der Waals surface area contributed by atoms with Crippen LogP contribution in [-0.2, 0) is 9.53 Å². The monoisotopic (exact) mass is 378 g/mol. The van der Waals surface area contributed by atoms with Gasteiger partial charge in [-0.3, -0.25) is 4.79 Å². The Labute approximate surface area is 164 Å². The summed E-state index contributed by atoms with van der Waals surface area (Å²) < 4.78 is 4.85. The summed E-state index contributed by atoms with van der Waals surface area (Å²) in [5.41, 5.74) is -0.371. The van der Waals surface area contributed by atoms with Crippen molar-refractivity contribution in [3.63, 3.8) is 0 Å². The summed E-state index contributed by atoms with van der Waals surface area (Å²) in [4.78, 5) is 11.7. The second-order valence-electron chi connectivity index (χ2n) is 10.7. The molecule has 154 valence electrons. The SMILES string of the molecule is COC(=O)CC[C@H]1CC[C@]2(O)C3CC[C@@H]4C[C@@H](O)CC[C@]4(C)C3CC[C@]12C. The van der Waals surface area contributed by atoms with Crippen LogP contribution < -0.4 is 0 Å². The Hall–Kier alpha value is -0.610. The van der Waals surface area contributed by atoms with Crippen LogP contribution in [0.2, 0.25) is 0 Å². The predicted molar refractivity (Wildman–Crippen MR) is 104 cm³/mol. The van der Waals surface area contributed by atoms with Gasteiger partial charge in [0.05, 0.1) is 18.8 Å². The highest BCUT2D eigenvalue weighted by Crippen LogP contribution is 2.69. The van der Waals surface area contributed by atoms with Gasteiger partial charge < -0.3 is 14.9 Å². The van der Waals surface area contributed by atoms with Crippen molar-refractivity contribution in [2.75, 3.05) is 7.11 Å². The zero-order valence-electron chi connectivity index (χ0n) is 17.4. The van der Waals surface area contributed by atoms with E-state index in [9.17, 15) is 15.0 Å². The van der Waals surface area contributed by atoms with Crippen LogP contribution in [-0.4, -0.2) is 35.0 Å². The molecule has 0 aliphatic heterocycles. The van der Waals surface area contributed by atoms with Crippen molar-refractivity contribution in [3.05, 3.63) is 0 Å². The minimum Gasteiger partial charge on any atom is -0.469 e. The fraction of sp³-hybridized carbons (Fsp3) is 0.957. The maximum atomic E-state index is 12.0. The highest BCUT2D eigenvalue weighted by Gasteiger charge is 2.66. The minimum absolute atomic E-state index is 0.0699. The topological polar surface area (TPSA) is 66.8 Å². The van der Waals surface area contributed by atoms with Crippen molar-refractivity contribution in [1.29, 1.82) is 0 Å². The molecule has 0 bridgehead atoms. The number of aliphatic hydroxyl groups is 2. The first-order valence-electron chi connectivity index (χ1n) is 11.2. The predicted octanol–water partition coefficient (Wildman–Crippen LogP) is 4.07. The van der Waals surface area contributed by atoms with E-state index in [4.69, 9.17) is 4.74 Å². The molecular formula is C23H38O4. The largest absolute Gasteiger partial charge is 0.469 e. The number of carbonyl (C=O) groups excluding carboxylic acids is 1. The third-order valence-corrected chi connectivity index (χ3v) is 9.94. The lowest BCUT2D eigenvalue weighted by molar-refractivity contribution is -0.210. The molecule has 0 aromatic rings. The van der Waals surface area contributed by atoms with Gasteiger partial charge in [-0.25, -0.2) is 0 Å². The van der Waals surface area contributed by atoms with Crippen molar-refractivity contribution >= 4 is 5.97 Å². The van der Waals surface area contributed by atoms with Gasteiger partial charge in [-0.05, 0) is 98.7 Å². The van der Waals surface area contributed by atoms with Crippen molar-refractivity contribution in [2.45, 2.75) is 96.2 Å². The first-order valence-corrected chi connectivity index (χ1v) is 11.2. The normalized spacial score (nSPS) is 51.8. The van der Waals surface area contributed by atoms with Crippen LogP contribution in [0.15, 0.2) is 0 Å². The molecule has 4 fully saturated rings. The van der Waals surface area contributed by atoms with Gasteiger partial charge in [0, 0.05) is 6.42 Å². The number of carbonyl (C=O) groups is 1. The van der Waals surface area contributed by atoms with Gasteiger partial charge in [-0.1, -0.05) is 13.8 Å². The first-order chi connectivity index (χ1) is 12.7. The van der Waals surface area contributed by atoms with Crippen molar-refractivity contribution in [1.82, 2.24) is 0 Å². The van der Waals surface area contributed by atoms with E-state index in [-0.39, 0.29) is 22.9 Å². The summed E-state index contributed by atoms with van der Waals surface area (Å²) in [5.74, 6) is 1.88. The van der Waals surface area contributed by atoms with Gasteiger partial charge in [0.2, 0.25) is 0 Å². The summed E-state index contributed by atoms with van der Waals surface area (Å²) in [6, 6.07) is 0. The Morgan fingerprint density at radius 3 is 2.56 bits per heavy atom. The highest BCUT2D eigenvalue weighted by molar-refractivity contribution is 5.69. The number of hydrogen-bond donors (Lipinski definition) is 2. The van der Waals surface area contributed by atoms with E-state index >= 15 is 0 Å². The van der Waals surface area contributed by atoms with Crippen LogP contribution in [0, 0.1) is 34.5 Å². The number of aliphatic hydroxyl groups excluding tert-OH is 1. The molecule has 4 heteroatoms. The average Bonchev–Trinajstić information content (AvgIpc) is 2.91. The van der Waals surface area contributed by atoms with Crippen LogP contribution in [0.25, 0.3) is 0 Å².